The number of aromatic nitrogens is 1. The van der Waals surface area contributed by atoms with Crippen molar-refractivity contribution >= 4 is 15.9 Å². The Morgan fingerprint density at radius 3 is 2.75 bits per heavy atom. The maximum atomic E-state index is 12.5. The highest BCUT2D eigenvalue weighted by molar-refractivity contribution is 7.89. The second-order valence-corrected chi connectivity index (χ2v) is 9.13. The van der Waals surface area contributed by atoms with Gasteiger partial charge in [-0.1, -0.05) is 6.07 Å². The molecule has 1 aliphatic rings. The molecule has 158 valence electrons. The van der Waals surface area contributed by atoms with Crippen LogP contribution in [-0.2, 0) is 21.2 Å². The second kappa shape index (κ2) is 9.69. The molecular weight excluding hydrogens is 395 g/mol. The molecule has 0 saturated carbocycles. The van der Waals surface area contributed by atoms with E-state index in [9.17, 15) is 26.4 Å². The Balaban J connectivity index is 1.79. The number of sulfonamides is 1. The predicted octanol–water partition coefficient (Wildman–Crippen LogP) is 2.47. The fourth-order valence-corrected chi connectivity index (χ4v) is 4.73. The van der Waals surface area contributed by atoms with Crippen LogP contribution in [0.25, 0.3) is 0 Å². The lowest BCUT2D eigenvalue weighted by Crippen LogP contribution is -2.44. The van der Waals surface area contributed by atoms with Crippen LogP contribution in [0.1, 0.15) is 31.4 Å². The number of carbonyl (C=O) groups excluding carboxylic acids is 1. The first-order valence-electron chi connectivity index (χ1n) is 9.25. The molecule has 1 atom stereocenters. The van der Waals surface area contributed by atoms with Gasteiger partial charge in [-0.05, 0) is 37.3 Å². The van der Waals surface area contributed by atoms with Crippen LogP contribution >= 0.6 is 0 Å². The van der Waals surface area contributed by atoms with E-state index in [1.165, 1.54) is 0 Å². The van der Waals surface area contributed by atoms with Gasteiger partial charge in [0.15, 0.2) is 5.75 Å². The number of hydrogen-bond acceptors (Lipinski definition) is 4. The largest absolute Gasteiger partial charge is 0.404 e. The van der Waals surface area contributed by atoms with Crippen molar-refractivity contribution in [1.82, 2.24) is 14.2 Å². The van der Waals surface area contributed by atoms with Crippen LogP contribution < -0.4 is 0 Å². The molecule has 0 spiro atoms. The number of piperidine rings is 1. The van der Waals surface area contributed by atoms with Gasteiger partial charge in [0, 0.05) is 51.4 Å². The summed E-state index contributed by atoms with van der Waals surface area (Å²) >= 11 is 0. The fraction of sp³-hybridized carbons (Fsp3) is 0.667. The van der Waals surface area contributed by atoms with E-state index in [2.05, 4.69) is 4.98 Å². The van der Waals surface area contributed by atoms with E-state index in [-0.39, 0.29) is 31.3 Å². The van der Waals surface area contributed by atoms with E-state index in [0.717, 1.165) is 10.00 Å². The lowest BCUT2D eigenvalue weighted by molar-refractivity contribution is -0.130. The summed E-state index contributed by atoms with van der Waals surface area (Å²) < 4.78 is 62.2. The van der Waals surface area contributed by atoms with Crippen molar-refractivity contribution in [2.24, 2.45) is 5.92 Å². The number of halogens is 3. The zero-order valence-corrected chi connectivity index (χ0v) is 16.7. The number of carbonyl (C=O) groups is 1. The quantitative estimate of drug-likeness (QED) is 0.647. The zero-order valence-electron chi connectivity index (χ0n) is 15.9. The summed E-state index contributed by atoms with van der Waals surface area (Å²) in [6, 6.07) is 5.59. The van der Waals surface area contributed by atoms with Crippen molar-refractivity contribution in [2.45, 2.75) is 38.3 Å². The molecule has 2 rings (SSSR count). The first kappa shape index (κ1) is 22.6. The molecule has 1 amide bonds. The van der Waals surface area contributed by atoms with Crippen LogP contribution in [0.4, 0.5) is 13.2 Å². The molecule has 1 aliphatic heterocycles. The molecule has 1 fully saturated rings. The summed E-state index contributed by atoms with van der Waals surface area (Å²) in [5, 5.41) is 0. The summed E-state index contributed by atoms with van der Waals surface area (Å²) in [5.41, 5.74) is 0.889. The molecule has 0 bridgehead atoms. The molecule has 10 heteroatoms. The van der Waals surface area contributed by atoms with Gasteiger partial charge >= 0.3 is 6.18 Å². The second-order valence-electron chi connectivity index (χ2n) is 7.16. The zero-order chi connectivity index (χ0) is 20.8. The minimum absolute atomic E-state index is 0.0450. The Hall–Kier alpha value is -1.68. The maximum Gasteiger partial charge on any atom is 0.404 e. The van der Waals surface area contributed by atoms with Crippen molar-refractivity contribution in [1.29, 1.82) is 0 Å². The number of alkyl halides is 3. The third-order valence-corrected chi connectivity index (χ3v) is 6.65. The average Bonchev–Trinajstić information content (AvgIpc) is 2.63. The molecule has 0 aromatic carbocycles. The molecule has 0 N–H and O–H groups in total. The van der Waals surface area contributed by atoms with Gasteiger partial charge in [-0.25, -0.2) is 12.7 Å². The van der Waals surface area contributed by atoms with Crippen LogP contribution in [0.3, 0.4) is 0 Å². The van der Waals surface area contributed by atoms with Crippen molar-refractivity contribution < 1.29 is 26.4 Å². The molecule has 1 unspecified atom stereocenters. The van der Waals surface area contributed by atoms with Crippen molar-refractivity contribution in [3.8, 4) is 0 Å². The van der Waals surface area contributed by atoms with Gasteiger partial charge in [0.25, 0.3) is 0 Å². The number of rotatable bonds is 8. The van der Waals surface area contributed by atoms with E-state index >= 15 is 0 Å². The Morgan fingerprint density at radius 1 is 1.36 bits per heavy atom. The summed E-state index contributed by atoms with van der Waals surface area (Å²) in [7, 11) is -2.66. The van der Waals surface area contributed by atoms with Gasteiger partial charge in [0.2, 0.25) is 15.9 Å². The smallest absolute Gasteiger partial charge is 0.345 e. The van der Waals surface area contributed by atoms with Gasteiger partial charge in [-0.3, -0.25) is 9.78 Å². The minimum atomic E-state index is -4.75. The molecule has 2 heterocycles. The average molecular weight is 421 g/mol. The van der Waals surface area contributed by atoms with E-state index < -0.39 is 22.0 Å². The lowest BCUT2D eigenvalue weighted by Gasteiger charge is -2.32. The fourth-order valence-electron chi connectivity index (χ4n) is 3.28. The topological polar surface area (TPSA) is 70.6 Å². The van der Waals surface area contributed by atoms with Crippen molar-refractivity contribution in [2.75, 3.05) is 32.4 Å². The number of likely N-dealkylation sites (N-methyl/N-ethyl adjacent to an activating group) is 1. The van der Waals surface area contributed by atoms with Gasteiger partial charge in [-0.15, -0.1) is 0 Å². The predicted molar refractivity (Wildman–Crippen MR) is 99.0 cm³/mol. The Morgan fingerprint density at radius 2 is 2.11 bits per heavy atom. The highest BCUT2D eigenvalue weighted by Crippen LogP contribution is 2.26. The Labute approximate surface area is 163 Å². The normalized spacial score (nSPS) is 18.8. The van der Waals surface area contributed by atoms with E-state index in [0.29, 0.717) is 32.2 Å². The molecule has 0 radical (unpaired) electrons. The van der Waals surface area contributed by atoms with Gasteiger partial charge in [0.05, 0.1) is 0 Å². The van der Waals surface area contributed by atoms with Crippen molar-refractivity contribution in [3.05, 3.63) is 30.1 Å². The third-order valence-electron chi connectivity index (χ3n) is 4.84. The summed E-state index contributed by atoms with van der Waals surface area (Å²) in [4.78, 5) is 18.1. The molecule has 1 aromatic heterocycles. The van der Waals surface area contributed by atoms with Gasteiger partial charge < -0.3 is 4.90 Å². The summed E-state index contributed by atoms with van der Waals surface area (Å²) in [6.07, 6.45) is -0.497. The standard InChI is InChI=1S/C18H26F3N3O3S/c1-23(12-9-16-6-2-3-10-22-16)17(25)8-7-15-5-4-11-24(13-15)28(26,27)14-18(19,20)21/h2-3,6,10,15H,4-5,7-9,11-14H2,1H3. The van der Waals surface area contributed by atoms with E-state index in [4.69, 9.17) is 0 Å². The maximum absolute atomic E-state index is 12.5. The lowest BCUT2D eigenvalue weighted by atomic mass is 9.94. The first-order valence-corrected chi connectivity index (χ1v) is 10.9. The third kappa shape index (κ3) is 7.38. The van der Waals surface area contributed by atoms with Crippen LogP contribution in [0.2, 0.25) is 0 Å². The molecule has 1 saturated heterocycles. The number of pyridine rings is 1. The van der Waals surface area contributed by atoms with Crippen LogP contribution in [0.15, 0.2) is 24.4 Å². The van der Waals surface area contributed by atoms with Crippen LogP contribution in [-0.4, -0.2) is 67.1 Å². The highest BCUT2D eigenvalue weighted by Gasteiger charge is 2.39. The van der Waals surface area contributed by atoms with E-state index in [1.807, 2.05) is 18.2 Å². The summed E-state index contributed by atoms with van der Waals surface area (Å²) in [5.74, 6) is -2.00. The van der Waals surface area contributed by atoms with Crippen LogP contribution in [0.5, 0.6) is 0 Å². The van der Waals surface area contributed by atoms with E-state index in [1.54, 1.807) is 18.1 Å². The van der Waals surface area contributed by atoms with Gasteiger partial charge in [-0.2, -0.15) is 13.2 Å². The monoisotopic (exact) mass is 421 g/mol. The highest BCUT2D eigenvalue weighted by atomic mass is 32.2. The van der Waals surface area contributed by atoms with Crippen LogP contribution in [0, 0.1) is 5.92 Å². The molecule has 6 nitrogen and oxygen atoms in total. The number of nitrogens with zero attached hydrogens (tertiary/aromatic N) is 3. The van der Waals surface area contributed by atoms with Crippen molar-refractivity contribution in [3.63, 3.8) is 0 Å². The number of amides is 1. The minimum Gasteiger partial charge on any atom is -0.345 e. The SMILES string of the molecule is CN(CCc1ccccn1)C(=O)CCC1CCCN(S(=O)(=O)CC(F)(F)F)C1. The molecular formula is C18H26F3N3O3S. The number of hydrogen-bond donors (Lipinski definition) is 0. The Bertz CT molecular complexity index is 741. The molecule has 0 aliphatic carbocycles. The molecule has 1 aromatic rings. The summed E-state index contributed by atoms with van der Waals surface area (Å²) in [6.45, 7) is 0.669. The Kier molecular flexibility index (Phi) is 7.82. The first-order chi connectivity index (χ1) is 13.1. The van der Waals surface area contributed by atoms with Gasteiger partial charge in [0.1, 0.15) is 0 Å². The molecule has 28 heavy (non-hydrogen) atoms.